The maximum absolute atomic E-state index is 12.8. The van der Waals surface area contributed by atoms with Gasteiger partial charge in [-0.2, -0.15) is 8.42 Å². The van der Waals surface area contributed by atoms with E-state index in [9.17, 15) is 21.6 Å². The van der Waals surface area contributed by atoms with Gasteiger partial charge in [0.05, 0.1) is 0 Å². The van der Waals surface area contributed by atoms with Crippen molar-refractivity contribution >= 4 is 10.1 Å². The lowest BCUT2D eigenvalue weighted by molar-refractivity contribution is 0.0864. The van der Waals surface area contributed by atoms with Crippen LogP contribution in [0.2, 0.25) is 0 Å². The van der Waals surface area contributed by atoms with Gasteiger partial charge in [-0.05, 0) is 29.5 Å². The summed E-state index contributed by atoms with van der Waals surface area (Å²) in [5, 5.41) is 0. The summed E-state index contributed by atoms with van der Waals surface area (Å²) in [6, 6.07) is 5.90. The number of hydrogen-bond donors (Lipinski definition) is 0. The Morgan fingerprint density at radius 3 is 2.05 bits per heavy atom. The lowest BCUT2D eigenvalue weighted by Gasteiger charge is -2.23. The van der Waals surface area contributed by atoms with Crippen LogP contribution >= 0.6 is 0 Å². The third-order valence-electron chi connectivity index (χ3n) is 3.21. The maximum atomic E-state index is 12.8. The number of rotatable bonds is 6. The molecule has 0 aliphatic heterocycles. The fourth-order valence-corrected chi connectivity index (χ4v) is 2.20. The fourth-order valence-electron chi connectivity index (χ4n) is 1.47. The Balaban J connectivity index is 2.91. The van der Waals surface area contributed by atoms with E-state index in [0.29, 0.717) is 0 Å². The Morgan fingerprint density at radius 1 is 1.15 bits per heavy atom. The summed E-state index contributed by atoms with van der Waals surface area (Å²) in [5.74, 6) is -0.191. The van der Waals surface area contributed by atoms with E-state index >= 15 is 0 Å². The molecule has 0 N–H and O–H groups in total. The van der Waals surface area contributed by atoms with E-state index in [1.54, 1.807) is 12.1 Å². The average molecular weight is 310 g/mol. The molecule has 7 heteroatoms. The van der Waals surface area contributed by atoms with Gasteiger partial charge in [-0.3, -0.25) is 0 Å². The van der Waals surface area contributed by atoms with Crippen LogP contribution < -0.4 is 4.18 Å². The molecule has 3 nitrogen and oxygen atoms in total. The second-order valence-electron chi connectivity index (χ2n) is 5.02. The SMILES string of the molecule is CCC(C)(C)c1ccc(OS(=O)(=O)C(F)C(F)F)cc1. The van der Waals surface area contributed by atoms with Gasteiger partial charge in [0.25, 0.3) is 11.9 Å². The molecule has 0 radical (unpaired) electrons. The van der Waals surface area contributed by atoms with Crippen LogP contribution in [0.1, 0.15) is 32.8 Å². The zero-order chi connectivity index (χ0) is 15.6. The van der Waals surface area contributed by atoms with Crippen LogP contribution in [0.15, 0.2) is 24.3 Å². The zero-order valence-corrected chi connectivity index (χ0v) is 12.3. The molecule has 0 heterocycles. The summed E-state index contributed by atoms with van der Waals surface area (Å²) in [4.78, 5) is 0. The molecule has 1 aromatic rings. The molecule has 20 heavy (non-hydrogen) atoms. The number of hydrogen-bond acceptors (Lipinski definition) is 3. The minimum atomic E-state index is -4.98. The first-order chi connectivity index (χ1) is 9.10. The van der Waals surface area contributed by atoms with Crippen molar-refractivity contribution in [2.24, 2.45) is 0 Å². The van der Waals surface area contributed by atoms with Crippen LogP contribution in [0.3, 0.4) is 0 Å². The smallest absolute Gasteiger partial charge is 0.347 e. The highest BCUT2D eigenvalue weighted by Gasteiger charge is 2.36. The topological polar surface area (TPSA) is 43.4 Å². The molecular formula is C13H17F3O3S. The molecule has 1 rings (SSSR count). The standard InChI is InChI=1S/C13H17F3O3S/c1-4-13(2,3)9-5-7-10(8-6-9)19-20(17,18)12(16)11(14)15/h5-8,11-12H,4H2,1-3H3. The number of alkyl halides is 3. The predicted molar refractivity (Wildman–Crippen MR) is 70.2 cm³/mol. The van der Waals surface area contributed by atoms with Gasteiger partial charge in [0, 0.05) is 0 Å². The first kappa shape index (κ1) is 16.8. The summed E-state index contributed by atoms with van der Waals surface area (Å²) in [6.45, 7) is 6.02. The summed E-state index contributed by atoms with van der Waals surface area (Å²) in [5.41, 5.74) is -2.52. The normalized spacial score (nSPS) is 14.3. The van der Waals surface area contributed by atoms with Gasteiger partial charge in [-0.25, -0.2) is 13.2 Å². The van der Waals surface area contributed by atoms with Gasteiger partial charge in [-0.15, -0.1) is 0 Å². The van der Waals surface area contributed by atoms with Crippen molar-refractivity contribution in [3.05, 3.63) is 29.8 Å². The predicted octanol–water partition coefficient (Wildman–Crippen LogP) is 3.64. The molecule has 0 aliphatic carbocycles. The van der Waals surface area contributed by atoms with Crippen LogP contribution in [0.5, 0.6) is 5.75 Å². The van der Waals surface area contributed by atoms with Crippen molar-refractivity contribution < 1.29 is 25.8 Å². The second kappa shape index (κ2) is 6.03. The van der Waals surface area contributed by atoms with Crippen molar-refractivity contribution in [1.82, 2.24) is 0 Å². The van der Waals surface area contributed by atoms with Gasteiger partial charge in [0.2, 0.25) is 0 Å². The lowest BCUT2D eigenvalue weighted by atomic mass is 9.82. The Labute approximate surface area is 116 Å². The van der Waals surface area contributed by atoms with Gasteiger partial charge < -0.3 is 4.18 Å². The highest BCUT2D eigenvalue weighted by Crippen LogP contribution is 2.29. The van der Waals surface area contributed by atoms with Crippen molar-refractivity contribution in [3.8, 4) is 5.75 Å². The molecule has 1 atom stereocenters. The summed E-state index contributed by atoms with van der Waals surface area (Å²) < 4.78 is 63.7. The molecule has 0 spiro atoms. The molecular weight excluding hydrogens is 293 g/mol. The number of halogens is 3. The van der Waals surface area contributed by atoms with E-state index in [1.807, 2.05) is 20.8 Å². The highest BCUT2D eigenvalue weighted by atomic mass is 32.2. The molecule has 1 unspecified atom stereocenters. The zero-order valence-electron chi connectivity index (χ0n) is 11.4. The fraction of sp³-hybridized carbons (Fsp3) is 0.538. The molecule has 1 aromatic carbocycles. The molecule has 0 fully saturated rings. The van der Waals surface area contributed by atoms with Crippen molar-refractivity contribution in [3.63, 3.8) is 0 Å². The summed E-state index contributed by atoms with van der Waals surface area (Å²) >= 11 is 0. The van der Waals surface area contributed by atoms with Crippen LogP contribution in [-0.4, -0.2) is 20.3 Å². The van der Waals surface area contributed by atoms with Crippen molar-refractivity contribution in [1.29, 1.82) is 0 Å². The Bertz CT molecular complexity index is 538. The molecule has 114 valence electrons. The Morgan fingerprint density at radius 2 is 1.65 bits per heavy atom. The van der Waals surface area contributed by atoms with E-state index in [4.69, 9.17) is 0 Å². The van der Waals surface area contributed by atoms with E-state index < -0.39 is 22.0 Å². The van der Waals surface area contributed by atoms with E-state index in [-0.39, 0.29) is 11.2 Å². The highest BCUT2D eigenvalue weighted by molar-refractivity contribution is 7.87. The summed E-state index contributed by atoms with van der Waals surface area (Å²) in [6.07, 6.45) is -2.78. The first-order valence-electron chi connectivity index (χ1n) is 6.06. The van der Waals surface area contributed by atoms with Crippen molar-refractivity contribution in [2.75, 3.05) is 0 Å². The maximum Gasteiger partial charge on any atom is 0.347 e. The van der Waals surface area contributed by atoms with E-state index in [2.05, 4.69) is 4.18 Å². The van der Waals surface area contributed by atoms with Crippen LogP contribution in [0.25, 0.3) is 0 Å². The summed E-state index contributed by atoms with van der Waals surface area (Å²) in [7, 11) is -4.98. The Kier molecular flexibility index (Phi) is 5.07. The largest absolute Gasteiger partial charge is 0.380 e. The van der Waals surface area contributed by atoms with Crippen LogP contribution in [0, 0.1) is 0 Å². The second-order valence-corrected chi connectivity index (χ2v) is 6.63. The third-order valence-corrected chi connectivity index (χ3v) is 4.39. The molecule has 0 aromatic heterocycles. The van der Waals surface area contributed by atoms with E-state index in [0.717, 1.165) is 12.0 Å². The molecule has 0 aliphatic rings. The lowest BCUT2D eigenvalue weighted by Crippen LogP contribution is -2.28. The van der Waals surface area contributed by atoms with Crippen molar-refractivity contribution in [2.45, 2.75) is 44.5 Å². The number of benzene rings is 1. The average Bonchev–Trinajstić information content (AvgIpc) is 2.37. The molecule has 0 saturated heterocycles. The van der Waals surface area contributed by atoms with Crippen LogP contribution in [-0.2, 0) is 15.5 Å². The van der Waals surface area contributed by atoms with E-state index in [1.165, 1.54) is 12.1 Å². The molecule has 0 bridgehead atoms. The minimum Gasteiger partial charge on any atom is -0.380 e. The molecule has 0 saturated carbocycles. The van der Waals surface area contributed by atoms with Gasteiger partial charge >= 0.3 is 10.1 Å². The van der Waals surface area contributed by atoms with Gasteiger partial charge in [-0.1, -0.05) is 32.9 Å². The van der Waals surface area contributed by atoms with Gasteiger partial charge in [0.15, 0.2) is 0 Å². The monoisotopic (exact) mass is 310 g/mol. The Hall–Kier alpha value is -1.24. The molecule has 0 amide bonds. The third kappa shape index (κ3) is 3.88. The van der Waals surface area contributed by atoms with Crippen LogP contribution in [0.4, 0.5) is 13.2 Å². The quantitative estimate of drug-likeness (QED) is 0.753. The van der Waals surface area contributed by atoms with Gasteiger partial charge in [0.1, 0.15) is 5.75 Å². The first-order valence-corrected chi connectivity index (χ1v) is 7.53. The minimum absolute atomic E-state index is 0.108.